The van der Waals surface area contributed by atoms with Crippen LogP contribution in [-0.4, -0.2) is 16.5 Å². The van der Waals surface area contributed by atoms with Gasteiger partial charge in [0.1, 0.15) is 6.54 Å². The molecule has 2 aromatic rings. The number of amides is 1. The van der Waals surface area contributed by atoms with Crippen LogP contribution in [0.2, 0.25) is 0 Å². The molecular formula is C18H22N2O3. The quantitative estimate of drug-likeness (QED) is 0.943. The molecule has 23 heavy (non-hydrogen) atoms. The van der Waals surface area contributed by atoms with Gasteiger partial charge < -0.3 is 9.73 Å². The number of oxazole rings is 1. The molecule has 0 aliphatic heterocycles. The highest BCUT2D eigenvalue weighted by Crippen LogP contribution is 2.49. The van der Waals surface area contributed by atoms with Gasteiger partial charge in [-0.25, -0.2) is 4.79 Å². The summed E-state index contributed by atoms with van der Waals surface area (Å²) in [6, 6.07) is 7.36. The number of hydrogen-bond donors (Lipinski definition) is 1. The number of nitrogens with zero attached hydrogens (tertiary/aromatic N) is 1. The molecule has 2 fully saturated rings. The van der Waals surface area contributed by atoms with Crippen LogP contribution in [0.25, 0.3) is 11.1 Å². The van der Waals surface area contributed by atoms with Crippen molar-refractivity contribution >= 4 is 17.0 Å². The Kier molecular flexibility index (Phi) is 3.51. The second-order valence-corrected chi connectivity index (χ2v) is 7.12. The lowest BCUT2D eigenvalue weighted by Crippen LogP contribution is -2.42. The molecule has 1 amide bonds. The fraction of sp³-hybridized carbons (Fsp3) is 0.556. The molecule has 2 bridgehead atoms. The highest BCUT2D eigenvalue weighted by molar-refractivity contribution is 5.79. The van der Waals surface area contributed by atoms with Gasteiger partial charge in [-0.1, -0.05) is 18.6 Å². The summed E-state index contributed by atoms with van der Waals surface area (Å²) < 4.78 is 6.57. The van der Waals surface area contributed by atoms with Crippen LogP contribution in [0, 0.1) is 17.8 Å². The number of carbonyl (C=O) groups is 1. The van der Waals surface area contributed by atoms with Gasteiger partial charge in [-0.3, -0.25) is 9.36 Å². The zero-order valence-electron chi connectivity index (χ0n) is 13.3. The van der Waals surface area contributed by atoms with Crippen molar-refractivity contribution < 1.29 is 9.21 Å². The van der Waals surface area contributed by atoms with Crippen molar-refractivity contribution in [2.75, 3.05) is 0 Å². The van der Waals surface area contributed by atoms with Gasteiger partial charge in [0.25, 0.3) is 0 Å². The maximum absolute atomic E-state index is 12.4. The van der Waals surface area contributed by atoms with Crippen LogP contribution in [0.15, 0.2) is 33.5 Å². The summed E-state index contributed by atoms with van der Waals surface area (Å²) in [6.07, 6.45) is 5.23. The number of carbonyl (C=O) groups excluding carboxylic acids is 1. The van der Waals surface area contributed by atoms with Crippen molar-refractivity contribution in [1.29, 1.82) is 0 Å². The molecule has 1 aromatic carbocycles. The van der Waals surface area contributed by atoms with E-state index in [0.29, 0.717) is 17.0 Å². The maximum Gasteiger partial charge on any atom is 0.420 e. The second-order valence-electron chi connectivity index (χ2n) is 7.12. The van der Waals surface area contributed by atoms with E-state index < -0.39 is 5.76 Å². The monoisotopic (exact) mass is 314 g/mol. The first kappa shape index (κ1) is 14.5. The van der Waals surface area contributed by atoms with E-state index in [1.807, 2.05) is 12.1 Å². The van der Waals surface area contributed by atoms with Crippen LogP contribution >= 0.6 is 0 Å². The Labute approximate surface area is 134 Å². The molecule has 4 unspecified atom stereocenters. The SMILES string of the molecule is CC(NC(=O)Cn1c(=O)oc2ccccc21)C1CC2CCC1C2. The molecule has 2 aliphatic carbocycles. The lowest BCUT2D eigenvalue weighted by Gasteiger charge is -2.28. The van der Waals surface area contributed by atoms with Gasteiger partial charge in [-0.15, -0.1) is 0 Å². The first-order valence-corrected chi connectivity index (χ1v) is 8.49. The van der Waals surface area contributed by atoms with E-state index in [0.717, 1.165) is 11.8 Å². The molecule has 1 aromatic heterocycles. The molecule has 0 spiro atoms. The van der Waals surface area contributed by atoms with E-state index in [1.165, 1.54) is 30.3 Å². The highest BCUT2D eigenvalue weighted by atomic mass is 16.4. The molecular weight excluding hydrogens is 292 g/mol. The Morgan fingerprint density at radius 3 is 2.91 bits per heavy atom. The van der Waals surface area contributed by atoms with Crippen molar-refractivity contribution in [2.45, 2.75) is 45.2 Å². The first-order valence-electron chi connectivity index (χ1n) is 8.49. The predicted molar refractivity (Wildman–Crippen MR) is 87.0 cm³/mol. The summed E-state index contributed by atoms with van der Waals surface area (Å²) in [5.74, 6) is 1.64. The predicted octanol–water partition coefficient (Wildman–Crippen LogP) is 2.54. The average Bonchev–Trinajstić information content (AvgIpc) is 3.22. The Hall–Kier alpha value is -2.04. The van der Waals surface area contributed by atoms with Crippen LogP contribution < -0.4 is 11.1 Å². The van der Waals surface area contributed by atoms with Gasteiger partial charge in [-0.05, 0) is 56.1 Å². The molecule has 122 valence electrons. The lowest BCUT2D eigenvalue weighted by atomic mass is 9.84. The minimum absolute atomic E-state index is 0.0149. The smallest absolute Gasteiger partial charge is 0.408 e. The van der Waals surface area contributed by atoms with Gasteiger partial charge >= 0.3 is 5.76 Å². The Morgan fingerprint density at radius 1 is 1.35 bits per heavy atom. The number of rotatable bonds is 4. The topological polar surface area (TPSA) is 64.2 Å². The van der Waals surface area contributed by atoms with Gasteiger partial charge in [0.2, 0.25) is 5.91 Å². The number of para-hydroxylation sites is 2. The highest BCUT2D eigenvalue weighted by Gasteiger charge is 2.42. The number of benzene rings is 1. The third kappa shape index (κ3) is 2.58. The molecule has 5 heteroatoms. The average molecular weight is 314 g/mol. The summed E-state index contributed by atoms with van der Waals surface area (Å²) in [6.45, 7) is 2.11. The Balaban J connectivity index is 1.45. The normalized spacial score (nSPS) is 27.4. The zero-order chi connectivity index (χ0) is 16.0. The largest absolute Gasteiger partial charge is 0.420 e. The number of aromatic nitrogens is 1. The Bertz CT molecular complexity index is 791. The van der Waals surface area contributed by atoms with Crippen LogP contribution in [0.3, 0.4) is 0 Å². The van der Waals surface area contributed by atoms with Crippen LogP contribution in [0.1, 0.15) is 32.6 Å². The maximum atomic E-state index is 12.4. The van der Waals surface area contributed by atoms with Crippen molar-refractivity contribution in [3.05, 3.63) is 34.8 Å². The first-order chi connectivity index (χ1) is 11.1. The molecule has 2 saturated carbocycles. The van der Waals surface area contributed by atoms with E-state index in [2.05, 4.69) is 12.2 Å². The molecule has 4 rings (SSSR count). The number of nitrogens with one attached hydrogen (secondary N) is 1. The summed E-state index contributed by atoms with van der Waals surface area (Å²) in [5, 5.41) is 3.10. The summed E-state index contributed by atoms with van der Waals surface area (Å²) >= 11 is 0. The van der Waals surface area contributed by atoms with Crippen molar-refractivity contribution in [3.8, 4) is 0 Å². The van der Waals surface area contributed by atoms with Crippen molar-refractivity contribution in [3.63, 3.8) is 0 Å². The molecule has 1 N–H and O–H groups in total. The standard InChI is InChI=1S/C18H22N2O3/c1-11(14-9-12-6-7-13(14)8-12)19-17(21)10-20-15-4-2-3-5-16(15)23-18(20)22/h2-5,11-14H,6-10H2,1H3,(H,19,21). The third-order valence-corrected chi connectivity index (χ3v) is 5.70. The summed E-state index contributed by atoms with van der Waals surface area (Å²) in [5.41, 5.74) is 1.19. The van der Waals surface area contributed by atoms with E-state index in [-0.39, 0.29) is 18.5 Å². The van der Waals surface area contributed by atoms with E-state index >= 15 is 0 Å². The molecule has 5 nitrogen and oxygen atoms in total. The summed E-state index contributed by atoms with van der Waals surface area (Å²) in [7, 11) is 0. The van der Waals surface area contributed by atoms with Crippen molar-refractivity contribution in [1.82, 2.24) is 9.88 Å². The van der Waals surface area contributed by atoms with Gasteiger partial charge in [0, 0.05) is 6.04 Å². The molecule has 2 aliphatic rings. The minimum Gasteiger partial charge on any atom is -0.408 e. The van der Waals surface area contributed by atoms with E-state index in [4.69, 9.17) is 4.42 Å². The van der Waals surface area contributed by atoms with Crippen LogP contribution in [0.4, 0.5) is 0 Å². The molecule has 0 saturated heterocycles. The van der Waals surface area contributed by atoms with E-state index in [9.17, 15) is 9.59 Å². The number of hydrogen-bond acceptors (Lipinski definition) is 3. The molecule has 0 radical (unpaired) electrons. The minimum atomic E-state index is -0.478. The van der Waals surface area contributed by atoms with Crippen molar-refractivity contribution in [2.24, 2.45) is 17.8 Å². The van der Waals surface area contributed by atoms with E-state index in [1.54, 1.807) is 12.1 Å². The zero-order valence-corrected chi connectivity index (χ0v) is 13.3. The second kappa shape index (κ2) is 5.55. The van der Waals surface area contributed by atoms with Gasteiger partial charge in [0.05, 0.1) is 5.52 Å². The fourth-order valence-corrected chi connectivity index (χ4v) is 4.62. The third-order valence-electron chi connectivity index (χ3n) is 5.70. The van der Waals surface area contributed by atoms with Crippen LogP contribution in [-0.2, 0) is 11.3 Å². The Morgan fingerprint density at radius 2 is 2.17 bits per heavy atom. The van der Waals surface area contributed by atoms with Gasteiger partial charge in [0.15, 0.2) is 5.58 Å². The summed E-state index contributed by atoms with van der Waals surface area (Å²) in [4.78, 5) is 24.3. The molecule has 1 heterocycles. The molecule has 4 atom stereocenters. The lowest BCUT2D eigenvalue weighted by molar-refractivity contribution is -0.122. The fourth-order valence-electron chi connectivity index (χ4n) is 4.62. The van der Waals surface area contributed by atoms with Gasteiger partial charge in [-0.2, -0.15) is 0 Å². The number of fused-ring (bicyclic) bond motifs is 3. The van der Waals surface area contributed by atoms with Crippen LogP contribution in [0.5, 0.6) is 0 Å².